The average molecular weight is 564 g/mol. The van der Waals surface area contributed by atoms with E-state index < -0.39 is 42.4 Å². The van der Waals surface area contributed by atoms with Gasteiger partial charge in [0.15, 0.2) is 0 Å². The van der Waals surface area contributed by atoms with Crippen LogP contribution in [-0.4, -0.2) is 45.3 Å². The molecule has 4 aromatic heterocycles. The molecular formula is C29H21F4N5O3. The molecule has 0 aliphatic carbocycles. The first-order valence-corrected chi connectivity index (χ1v) is 12.3. The topological polar surface area (TPSA) is 110 Å². The Labute approximate surface area is 230 Å². The number of halogens is 4. The molecule has 1 amide bonds. The fraction of sp³-hybridized carbons (Fsp3) is 0.138. The van der Waals surface area contributed by atoms with Crippen molar-refractivity contribution in [3.63, 3.8) is 0 Å². The number of fused-ring (bicyclic) bond motifs is 1. The smallest absolute Gasteiger partial charge is 0.340 e. The Morgan fingerprint density at radius 1 is 1.00 bits per heavy atom. The number of hydrogen-bond donors (Lipinski definition) is 2. The normalized spacial score (nSPS) is 12.0. The van der Waals surface area contributed by atoms with Gasteiger partial charge in [-0.05, 0) is 42.0 Å². The summed E-state index contributed by atoms with van der Waals surface area (Å²) < 4.78 is 59.4. The van der Waals surface area contributed by atoms with Crippen molar-refractivity contribution < 1.29 is 31.9 Å². The van der Waals surface area contributed by atoms with E-state index in [4.69, 9.17) is 4.74 Å². The number of carbonyl (C=O) groups excluding carboxylic acids is 2. The Morgan fingerprint density at radius 2 is 1.78 bits per heavy atom. The summed E-state index contributed by atoms with van der Waals surface area (Å²) >= 11 is 0. The van der Waals surface area contributed by atoms with Crippen molar-refractivity contribution in [1.82, 2.24) is 19.9 Å². The van der Waals surface area contributed by atoms with Gasteiger partial charge in [0.1, 0.15) is 17.2 Å². The maximum atomic E-state index is 14.6. The van der Waals surface area contributed by atoms with Gasteiger partial charge in [-0.15, -0.1) is 0 Å². The summed E-state index contributed by atoms with van der Waals surface area (Å²) in [6.45, 7) is 0. The number of esters is 1. The first-order valence-electron chi connectivity index (χ1n) is 12.3. The van der Waals surface area contributed by atoms with E-state index in [0.717, 1.165) is 18.2 Å². The number of carbonyl (C=O) groups is 2. The minimum atomic E-state index is -2.79. The lowest BCUT2D eigenvalue weighted by Crippen LogP contribution is -2.23. The fourth-order valence-corrected chi connectivity index (χ4v) is 4.51. The van der Waals surface area contributed by atoms with Gasteiger partial charge in [-0.3, -0.25) is 9.78 Å². The minimum absolute atomic E-state index is 0.0341. The zero-order chi connectivity index (χ0) is 29.1. The van der Waals surface area contributed by atoms with Crippen LogP contribution in [0, 0.1) is 11.8 Å². The lowest BCUT2D eigenvalue weighted by atomic mass is 9.95. The van der Waals surface area contributed by atoms with Gasteiger partial charge in [-0.2, -0.15) is 4.39 Å². The van der Waals surface area contributed by atoms with Gasteiger partial charge >= 0.3 is 5.97 Å². The van der Waals surface area contributed by atoms with Crippen molar-refractivity contribution in [2.75, 3.05) is 12.4 Å². The van der Waals surface area contributed by atoms with E-state index in [1.54, 1.807) is 24.3 Å². The second-order valence-corrected chi connectivity index (χ2v) is 8.95. The number of methoxy groups -OCH3 is 1. The second-order valence-electron chi connectivity index (χ2n) is 8.95. The number of aromatic nitrogens is 4. The van der Waals surface area contributed by atoms with E-state index in [-0.39, 0.29) is 28.0 Å². The molecule has 208 valence electrons. The third kappa shape index (κ3) is 5.76. The van der Waals surface area contributed by atoms with Crippen LogP contribution in [0.15, 0.2) is 73.1 Å². The molecule has 5 aromatic rings. The van der Waals surface area contributed by atoms with Crippen LogP contribution in [0.2, 0.25) is 0 Å². The molecule has 0 aliphatic heterocycles. The molecular weight excluding hydrogens is 542 g/mol. The van der Waals surface area contributed by atoms with Crippen molar-refractivity contribution in [3.05, 3.63) is 95.9 Å². The zero-order valence-corrected chi connectivity index (χ0v) is 21.4. The van der Waals surface area contributed by atoms with Crippen molar-refractivity contribution in [2.45, 2.75) is 18.8 Å². The summed E-state index contributed by atoms with van der Waals surface area (Å²) in [5.74, 6) is -4.26. The van der Waals surface area contributed by atoms with Gasteiger partial charge < -0.3 is 15.0 Å². The zero-order valence-electron chi connectivity index (χ0n) is 21.4. The van der Waals surface area contributed by atoms with E-state index >= 15 is 0 Å². The van der Waals surface area contributed by atoms with Crippen LogP contribution in [0.3, 0.4) is 0 Å². The fourth-order valence-electron chi connectivity index (χ4n) is 4.51. The highest BCUT2D eigenvalue weighted by Gasteiger charge is 2.27. The Kier molecular flexibility index (Phi) is 7.72. The van der Waals surface area contributed by atoms with Gasteiger partial charge in [0.2, 0.25) is 18.3 Å². The van der Waals surface area contributed by atoms with Gasteiger partial charge in [-0.1, -0.05) is 18.2 Å². The first kappa shape index (κ1) is 27.4. The van der Waals surface area contributed by atoms with E-state index in [0.29, 0.717) is 22.5 Å². The van der Waals surface area contributed by atoms with Gasteiger partial charge in [0, 0.05) is 30.4 Å². The third-order valence-electron chi connectivity index (χ3n) is 6.35. The Hall–Kier alpha value is -5.13. The largest absolute Gasteiger partial charge is 0.465 e. The monoisotopic (exact) mass is 563 g/mol. The number of H-pyrrole nitrogens is 1. The molecule has 0 aliphatic rings. The predicted octanol–water partition coefficient (Wildman–Crippen LogP) is 6.13. The molecule has 1 atom stereocenters. The Balaban J connectivity index is 1.59. The molecule has 1 unspecified atom stereocenters. The van der Waals surface area contributed by atoms with Gasteiger partial charge in [0.05, 0.1) is 41.1 Å². The summed E-state index contributed by atoms with van der Waals surface area (Å²) in [7, 11) is 1.17. The number of rotatable bonds is 8. The predicted molar refractivity (Wildman–Crippen MR) is 142 cm³/mol. The van der Waals surface area contributed by atoms with Crippen molar-refractivity contribution in [3.8, 4) is 22.5 Å². The lowest BCUT2D eigenvalue weighted by Gasteiger charge is -2.17. The summed E-state index contributed by atoms with van der Waals surface area (Å²) in [4.78, 5) is 41.2. The lowest BCUT2D eigenvalue weighted by molar-refractivity contribution is -0.118. The molecule has 4 heterocycles. The number of ether oxygens (including phenoxy) is 1. The van der Waals surface area contributed by atoms with E-state index in [2.05, 4.69) is 25.3 Å². The van der Waals surface area contributed by atoms with Crippen LogP contribution in [0.1, 0.15) is 28.3 Å². The molecule has 0 bridgehead atoms. The quantitative estimate of drug-likeness (QED) is 0.134. The van der Waals surface area contributed by atoms with E-state index in [1.807, 2.05) is 0 Å². The molecule has 1 aromatic carbocycles. The molecule has 2 N–H and O–H groups in total. The molecule has 41 heavy (non-hydrogen) atoms. The van der Waals surface area contributed by atoms with E-state index in [9.17, 15) is 27.2 Å². The minimum Gasteiger partial charge on any atom is -0.465 e. The molecule has 0 fully saturated rings. The molecule has 0 radical (unpaired) electrons. The number of benzene rings is 1. The highest BCUT2D eigenvalue weighted by atomic mass is 19.3. The average Bonchev–Trinajstić information content (AvgIpc) is 3.35. The van der Waals surface area contributed by atoms with Crippen LogP contribution >= 0.6 is 0 Å². The van der Waals surface area contributed by atoms with Crippen LogP contribution in [0.4, 0.5) is 23.4 Å². The summed E-state index contributed by atoms with van der Waals surface area (Å²) in [6, 6.07) is 13.9. The number of anilines is 1. The van der Waals surface area contributed by atoms with Crippen LogP contribution in [0.5, 0.6) is 0 Å². The molecule has 0 spiro atoms. The number of hydrogen-bond acceptors (Lipinski definition) is 6. The van der Waals surface area contributed by atoms with Crippen LogP contribution in [0.25, 0.3) is 33.5 Å². The van der Waals surface area contributed by atoms with Crippen molar-refractivity contribution >= 4 is 28.7 Å². The van der Waals surface area contributed by atoms with Gasteiger partial charge in [0.25, 0.3) is 0 Å². The van der Waals surface area contributed by atoms with Crippen LogP contribution in [-0.2, 0) is 9.53 Å². The maximum absolute atomic E-state index is 14.6. The first-order chi connectivity index (χ1) is 19.7. The number of nitrogens with zero attached hydrogens (tertiary/aromatic N) is 3. The van der Waals surface area contributed by atoms with Crippen molar-refractivity contribution in [1.29, 1.82) is 0 Å². The van der Waals surface area contributed by atoms with Gasteiger partial charge in [-0.25, -0.2) is 27.9 Å². The number of alkyl halides is 2. The molecule has 12 heteroatoms. The molecule has 0 saturated carbocycles. The molecule has 8 nitrogen and oxygen atoms in total. The second kappa shape index (κ2) is 11.5. The third-order valence-corrected chi connectivity index (χ3v) is 6.35. The number of aromatic amines is 1. The molecule has 5 rings (SSSR count). The number of nitrogens with one attached hydrogen (secondary N) is 2. The highest BCUT2D eigenvalue weighted by Crippen LogP contribution is 2.38. The maximum Gasteiger partial charge on any atom is 0.340 e. The Bertz CT molecular complexity index is 1730. The summed E-state index contributed by atoms with van der Waals surface area (Å²) in [6.07, 6.45) is -0.654. The Morgan fingerprint density at radius 3 is 2.46 bits per heavy atom. The highest BCUT2D eigenvalue weighted by molar-refractivity contribution is 6.09. The SMILES string of the molecule is COC(=O)c1cc(F)nc2c(-c3ccccn3)c(-c3ccnc(NC(=O)C(CC(F)F)c4ccc(F)cc4)c3)[nH]c12. The van der Waals surface area contributed by atoms with Crippen LogP contribution < -0.4 is 5.32 Å². The summed E-state index contributed by atoms with van der Waals surface area (Å²) in [5, 5.41) is 2.56. The standard InChI is InChI=1S/C29H21F4N5O3/c1-41-29(40)19-14-22(33)36-27-24(20-4-2-3-10-34-20)25(38-26(19)27)16-9-11-35-23(12-16)37-28(39)18(13-21(31)32)15-5-7-17(30)8-6-15/h2-12,14,18,21,38H,13H2,1H3,(H,35,37,39). The number of amides is 1. The van der Waals surface area contributed by atoms with E-state index in [1.165, 1.54) is 37.7 Å². The molecule has 0 saturated heterocycles. The number of pyridine rings is 3. The summed E-state index contributed by atoms with van der Waals surface area (Å²) in [5.41, 5.74) is 2.06. The van der Waals surface area contributed by atoms with Crippen molar-refractivity contribution in [2.24, 2.45) is 0 Å².